The lowest BCUT2D eigenvalue weighted by atomic mass is 10.5. The number of nitrogens with zero attached hydrogens (tertiary/aromatic N) is 2. The van der Waals surface area contributed by atoms with E-state index in [-0.39, 0.29) is 0 Å². The average Bonchev–Trinajstić information content (AvgIpc) is 2.81. The molecule has 0 atom stereocenters. The van der Waals surface area contributed by atoms with Gasteiger partial charge >= 0.3 is 0 Å². The second-order valence-corrected chi connectivity index (χ2v) is 5.14. The van der Waals surface area contributed by atoms with E-state index in [2.05, 4.69) is 15.3 Å². The summed E-state index contributed by atoms with van der Waals surface area (Å²) in [5.74, 6) is 1.36. The van der Waals surface area contributed by atoms with Crippen LogP contribution in [0.2, 0.25) is 4.34 Å². The van der Waals surface area contributed by atoms with Gasteiger partial charge in [-0.25, -0.2) is 0 Å². The monoisotopic (exact) mass is 285 g/mol. The van der Waals surface area contributed by atoms with Crippen molar-refractivity contribution in [1.82, 2.24) is 9.97 Å². The van der Waals surface area contributed by atoms with Gasteiger partial charge in [0.1, 0.15) is 0 Å². The fourth-order valence-electron chi connectivity index (χ4n) is 1.31. The van der Waals surface area contributed by atoms with Gasteiger partial charge in [0.05, 0.1) is 31.2 Å². The van der Waals surface area contributed by atoms with Crippen LogP contribution in [0.5, 0.6) is 11.8 Å². The maximum atomic E-state index is 5.86. The molecule has 0 amide bonds. The molecule has 0 unspecified atom stereocenters. The van der Waals surface area contributed by atoms with Gasteiger partial charge in [-0.2, -0.15) is 9.97 Å². The first kappa shape index (κ1) is 12.9. The number of hydrogen-bond donors (Lipinski definition) is 1. The van der Waals surface area contributed by atoms with Crippen molar-refractivity contribution in [1.29, 1.82) is 0 Å². The third kappa shape index (κ3) is 3.24. The highest BCUT2D eigenvalue weighted by atomic mass is 35.5. The third-order valence-corrected chi connectivity index (χ3v) is 3.38. The van der Waals surface area contributed by atoms with Gasteiger partial charge in [0.25, 0.3) is 0 Å². The molecule has 0 radical (unpaired) electrons. The smallest absolute Gasteiger partial charge is 0.229 e. The Labute approximate surface area is 114 Å². The largest absolute Gasteiger partial charge is 0.481 e. The topological polar surface area (TPSA) is 56.3 Å². The highest BCUT2D eigenvalue weighted by Gasteiger charge is 2.05. The summed E-state index contributed by atoms with van der Waals surface area (Å²) in [7, 11) is 3.09. The minimum absolute atomic E-state index is 0.452. The molecule has 18 heavy (non-hydrogen) atoms. The Bertz CT molecular complexity index is 511. The van der Waals surface area contributed by atoms with Gasteiger partial charge in [-0.3, -0.25) is 0 Å². The Morgan fingerprint density at radius 1 is 1.22 bits per heavy atom. The van der Waals surface area contributed by atoms with Crippen LogP contribution in [0.4, 0.5) is 5.95 Å². The average molecular weight is 286 g/mol. The first-order chi connectivity index (χ1) is 8.71. The standard InChI is InChI=1S/C11H12ClN3O2S/c1-16-9-5-10(17-2)15-11(14-9)13-6-7-3-4-8(12)18-7/h3-5H,6H2,1-2H3,(H,13,14,15). The molecule has 0 aromatic carbocycles. The van der Waals surface area contributed by atoms with Crippen molar-refractivity contribution in [3.63, 3.8) is 0 Å². The van der Waals surface area contributed by atoms with Gasteiger partial charge in [0, 0.05) is 4.88 Å². The van der Waals surface area contributed by atoms with Crippen LogP contribution in [0, 0.1) is 0 Å². The van der Waals surface area contributed by atoms with Gasteiger partial charge in [-0.05, 0) is 12.1 Å². The Balaban J connectivity index is 2.08. The number of rotatable bonds is 5. The van der Waals surface area contributed by atoms with Crippen molar-refractivity contribution in [3.8, 4) is 11.8 Å². The van der Waals surface area contributed by atoms with Crippen LogP contribution in [0.15, 0.2) is 18.2 Å². The van der Waals surface area contributed by atoms with Crippen LogP contribution in [-0.4, -0.2) is 24.2 Å². The fraction of sp³-hybridized carbons (Fsp3) is 0.273. The fourth-order valence-corrected chi connectivity index (χ4v) is 2.33. The minimum atomic E-state index is 0.452. The molecule has 0 spiro atoms. The van der Waals surface area contributed by atoms with E-state index in [4.69, 9.17) is 21.1 Å². The summed E-state index contributed by atoms with van der Waals surface area (Å²) in [6, 6.07) is 5.43. The van der Waals surface area contributed by atoms with E-state index in [1.807, 2.05) is 12.1 Å². The summed E-state index contributed by atoms with van der Waals surface area (Å²) >= 11 is 7.37. The molecule has 5 nitrogen and oxygen atoms in total. The van der Waals surface area contributed by atoms with Crippen LogP contribution in [-0.2, 0) is 6.54 Å². The summed E-state index contributed by atoms with van der Waals surface area (Å²) in [5, 5.41) is 3.09. The maximum absolute atomic E-state index is 5.86. The molecule has 2 aromatic heterocycles. The Kier molecular flexibility index (Phi) is 4.22. The molecular formula is C11H12ClN3O2S. The number of halogens is 1. The van der Waals surface area contributed by atoms with Crippen LogP contribution in [0.3, 0.4) is 0 Å². The van der Waals surface area contributed by atoms with Crippen LogP contribution in [0.1, 0.15) is 4.88 Å². The van der Waals surface area contributed by atoms with Crippen molar-refractivity contribution in [3.05, 3.63) is 27.4 Å². The normalized spacial score (nSPS) is 10.2. The van der Waals surface area contributed by atoms with Gasteiger partial charge in [0.2, 0.25) is 17.7 Å². The molecule has 1 N–H and O–H groups in total. The third-order valence-electron chi connectivity index (χ3n) is 2.15. The van der Waals surface area contributed by atoms with E-state index in [1.165, 1.54) is 11.3 Å². The van der Waals surface area contributed by atoms with Crippen molar-refractivity contribution in [2.75, 3.05) is 19.5 Å². The molecule has 0 fully saturated rings. The molecule has 7 heteroatoms. The lowest BCUT2D eigenvalue weighted by Crippen LogP contribution is -2.04. The lowest BCUT2D eigenvalue weighted by Gasteiger charge is -2.07. The number of nitrogens with one attached hydrogen (secondary N) is 1. The molecule has 96 valence electrons. The summed E-state index contributed by atoms with van der Waals surface area (Å²) in [6.07, 6.45) is 0. The maximum Gasteiger partial charge on any atom is 0.229 e. The van der Waals surface area contributed by atoms with E-state index in [1.54, 1.807) is 20.3 Å². The van der Waals surface area contributed by atoms with Crippen molar-refractivity contribution < 1.29 is 9.47 Å². The highest BCUT2D eigenvalue weighted by molar-refractivity contribution is 7.16. The zero-order valence-corrected chi connectivity index (χ0v) is 11.5. The molecule has 2 heterocycles. The predicted molar refractivity (Wildman–Crippen MR) is 71.8 cm³/mol. The first-order valence-electron chi connectivity index (χ1n) is 5.16. The number of methoxy groups -OCH3 is 2. The molecule has 0 bridgehead atoms. The zero-order chi connectivity index (χ0) is 13.0. The molecule has 0 saturated heterocycles. The van der Waals surface area contributed by atoms with Crippen molar-refractivity contribution in [2.24, 2.45) is 0 Å². The Morgan fingerprint density at radius 3 is 2.39 bits per heavy atom. The lowest BCUT2D eigenvalue weighted by molar-refractivity contribution is 0.373. The van der Waals surface area contributed by atoms with Crippen LogP contribution < -0.4 is 14.8 Å². The van der Waals surface area contributed by atoms with E-state index in [9.17, 15) is 0 Å². The highest BCUT2D eigenvalue weighted by Crippen LogP contribution is 2.23. The summed E-state index contributed by atoms with van der Waals surface area (Å²) < 4.78 is 10.9. The number of hydrogen-bond acceptors (Lipinski definition) is 6. The number of thiophene rings is 1. The quantitative estimate of drug-likeness (QED) is 0.915. The number of aromatic nitrogens is 2. The molecule has 0 aliphatic heterocycles. The molecule has 0 saturated carbocycles. The van der Waals surface area contributed by atoms with Crippen LogP contribution in [0.25, 0.3) is 0 Å². The van der Waals surface area contributed by atoms with Crippen LogP contribution >= 0.6 is 22.9 Å². The molecule has 2 rings (SSSR count). The van der Waals surface area contributed by atoms with E-state index in [0.29, 0.717) is 24.3 Å². The summed E-state index contributed by atoms with van der Waals surface area (Å²) in [5.41, 5.74) is 0. The second kappa shape index (κ2) is 5.88. The van der Waals surface area contributed by atoms with E-state index >= 15 is 0 Å². The SMILES string of the molecule is COc1cc(OC)nc(NCc2ccc(Cl)s2)n1. The van der Waals surface area contributed by atoms with E-state index < -0.39 is 0 Å². The molecule has 0 aliphatic rings. The second-order valence-electron chi connectivity index (χ2n) is 3.34. The Morgan fingerprint density at radius 2 is 1.89 bits per heavy atom. The molecular weight excluding hydrogens is 274 g/mol. The zero-order valence-electron chi connectivity index (χ0n) is 9.94. The van der Waals surface area contributed by atoms with Gasteiger partial charge < -0.3 is 14.8 Å². The van der Waals surface area contributed by atoms with Gasteiger partial charge in [0.15, 0.2) is 0 Å². The first-order valence-corrected chi connectivity index (χ1v) is 6.36. The molecule has 2 aromatic rings. The predicted octanol–water partition coefficient (Wildman–Crippen LogP) is 2.82. The minimum Gasteiger partial charge on any atom is -0.481 e. The van der Waals surface area contributed by atoms with Crippen molar-refractivity contribution >= 4 is 28.9 Å². The number of ether oxygens (including phenoxy) is 2. The van der Waals surface area contributed by atoms with Crippen molar-refractivity contribution in [2.45, 2.75) is 6.54 Å². The summed E-state index contributed by atoms with van der Waals surface area (Å²) in [4.78, 5) is 9.44. The number of anilines is 1. The molecule has 0 aliphatic carbocycles. The van der Waals surface area contributed by atoms with Gasteiger partial charge in [-0.1, -0.05) is 11.6 Å². The Hall–Kier alpha value is -1.53. The van der Waals surface area contributed by atoms with Gasteiger partial charge in [-0.15, -0.1) is 11.3 Å². The van der Waals surface area contributed by atoms with E-state index in [0.717, 1.165) is 9.21 Å². The summed E-state index contributed by atoms with van der Waals surface area (Å²) in [6.45, 7) is 0.605.